The molecule has 0 atom stereocenters. The number of methoxy groups -OCH3 is 2. The Kier molecular flexibility index (Phi) is 4.75. The lowest BCUT2D eigenvalue weighted by Gasteiger charge is -2.10. The first-order chi connectivity index (χ1) is 11.0. The summed E-state index contributed by atoms with van der Waals surface area (Å²) in [7, 11) is 2.49. The van der Waals surface area contributed by atoms with Crippen molar-refractivity contribution < 1.29 is 23.9 Å². The molecule has 0 heterocycles. The molecule has 0 saturated heterocycles. The van der Waals surface area contributed by atoms with Crippen molar-refractivity contribution in [1.82, 2.24) is 0 Å². The average molecular weight is 313 g/mol. The molecule has 0 spiro atoms. The van der Waals surface area contributed by atoms with E-state index in [0.717, 1.165) is 0 Å². The number of nitrogens with two attached hydrogens (primary N) is 1. The predicted molar refractivity (Wildman–Crippen MR) is 83.4 cm³/mol. The van der Waals surface area contributed by atoms with Crippen LogP contribution in [-0.2, 0) is 9.47 Å². The molecule has 118 valence electrons. The van der Waals surface area contributed by atoms with Crippen LogP contribution in [0.15, 0.2) is 42.5 Å². The second-order valence-electron chi connectivity index (χ2n) is 4.66. The van der Waals surface area contributed by atoms with E-state index in [1.807, 2.05) is 0 Å². The Bertz CT molecular complexity index is 765. The quantitative estimate of drug-likeness (QED) is 0.527. The normalized spacial score (nSPS) is 10.0. The first-order valence-corrected chi connectivity index (χ1v) is 6.69. The van der Waals surface area contributed by atoms with Crippen molar-refractivity contribution in [1.29, 1.82) is 0 Å². The molecule has 23 heavy (non-hydrogen) atoms. The molecule has 0 radical (unpaired) electrons. The zero-order chi connectivity index (χ0) is 17.0. The molecule has 0 aliphatic rings. The van der Waals surface area contributed by atoms with Gasteiger partial charge < -0.3 is 15.2 Å². The minimum Gasteiger partial charge on any atom is -0.465 e. The Hall–Kier alpha value is -3.15. The van der Waals surface area contributed by atoms with Crippen LogP contribution in [0, 0.1) is 0 Å². The van der Waals surface area contributed by atoms with Crippen molar-refractivity contribution in [3.8, 4) is 0 Å². The minimum absolute atomic E-state index is 0.0250. The Labute approximate surface area is 132 Å². The summed E-state index contributed by atoms with van der Waals surface area (Å²) in [5.41, 5.74) is 6.75. The molecule has 2 aromatic carbocycles. The van der Waals surface area contributed by atoms with E-state index in [9.17, 15) is 14.4 Å². The first kappa shape index (κ1) is 16.2. The van der Waals surface area contributed by atoms with E-state index in [2.05, 4.69) is 9.47 Å². The fourth-order valence-electron chi connectivity index (χ4n) is 2.12. The van der Waals surface area contributed by atoms with Gasteiger partial charge in [0.05, 0.1) is 25.3 Å². The number of anilines is 1. The highest BCUT2D eigenvalue weighted by Gasteiger charge is 2.21. The lowest BCUT2D eigenvalue weighted by Crippen LogP contribution is -2.14. The van der Waals surface area contributed by atoms with Crippen molar-refractivity contribution >= 4 is 23.4 Å². The minimum atomic E-state index is -0.683. The van der Waals surface area contributed by atoms with Gasteiger partial charge in [0.15, 0.2) is 5.78 Å². The number of ketones is 1. The van der Waals surface area contributed by atoms with Crippen LogP contribution in [0.3, 0.4) is 0 Å². The Morgan fingerprint density at radius 3 is 1.96 bits per heavy atom. The van der Waals surface area contributed by atoms with Gasteiger partial charge in [0, 0.05) is 16.8 Å². The monoisotopic (exact) mass is 313 g/mol. The van der Waals surface area contributed by atoms with Gasteiger partial charge in [0.1, 0.15) is 0 Å². The van der Waals surface area contributed by atoms with Crippen LogP contribution in [0.2, 0.25) is 0 Å². The number of hydrogen-bond donors (Lipinski definition) is 1. The number of carbonyl (C=O) groups is 3. The van der Waals surface area contributed by atoms with Crippen LogP contribution >= 0.6 is 0 Å². The van der Waals surface area contributed by atoms with Crippen molar-refractivity contribution in [3.05, 3.63) is 64.7 Å². The van der Waals surface area contributed by atoms with Crippen molar-refractivity contribution in [2.75, 3.05) is 20.0 Å². The number of nitrogen functional groups attached to an aromatic ring is 1. The third-order valence-electron chi connectivity index (χ3n) is 3.30. The number of benzene rings is 2. The van der Waals surface area contributed by atoms with Crippen LogP contribution in [0.1, 0.15) is 36.6 Å². The van der Waals surface area contributed by atoms with E-state index >= 15 is 0 Å². The summed E-state index contributed by atoms with van der Waals surface area (Å²) in [6.07, 6.45) is 0. The lowest BCUT2D eigenvalue weighted by atomic mass is 9.96. The van der Waals surface area contributed by atoms with Gasteiger partial charge in [-0.1, -0.05) is 24.3 Å². The SMILES string of the molecule is COC(=O)c1ccc(C(=O)c2cccc(N)c2C(=O)OC)cc1. The van der Waals surface area contributed by atoms with Crippen LogP contribution in [0.4, 0.5) is 5.69 Å². The molecule has 0 fully saturated rings. The fraction of sp³-hybridized carbons (Fsp3) is 0.118. The summed E-state index contributed by atoms with van der Waals surface area (Å²) in [6.45, 7) is 0. The number of hydrogen-bond acceptors (Lipinski definition) is 6. The van der Waals surface area contributed by atoms with Gasteiger partial charge in [-0.15, -0.1) is 0 Å². The Balaban J connectivity index is 2.43. The predicted octanol–water partition coefficient (Wildman–Crippen LogP) is 2.07. The topological polar surface area (TPSA) is 95.7 Å². The third kappa shape index (κ3) is 3.21. The maximum atomic E-state index is 12.6. The number of ether oxygens (including phenoxy) is 2. The van der Waals surface area contributed by atoms with Gasteiger partial charge in [-0.2, -0.15) is 0 Å². The zero-order valence-electron chi connectivity index (χ0n) is 12.7. The lowest BCUT2D eigenvalue weighted by molar-refractivity contribution is 0.0591. The molecular formula is C17H15NO5. The molecule has 0 aliphatic heterocycles. The Morgan fingerprint density at radius 1 is 0.826 bits per heavy atom. The number of rotatable bonds is 4. The highest BCUT2D eigenvalue weighted by molar-refractivity contribution is 6.16. The maximum absolute atomic E-state index is 12.6. The van der Waals surface area contributed by atoms with Crippen molar-refractivity contribution in [2.24, 2.45) is 0 Å². The molecule has 2 rings (SSSR count). The maximum Gasteiger partial charge on any atom is 0.340 e. The van der Waals surface area contributed by atoms with Gasteiger partial charge in [-0.25, -0.2) is 9.59 Å². The van der Waals surface area contributed by atoms with E-state index in [0.29, 0.717) is 11.1 Å². The first-order valence-electron chi connectivity index (χ1n) is 6.69. The largest absolute Gasteiger partial charge is 0.465 e. The fourth-order valence-corrected chi connectivity index (χ4v) is 2.12. The summed E-state index contributed by atoms with van der Waals surface area (Å²) in [6, 6.07) is 10.5. The van der Waals surface area contributed by atoms with Gasteiger partial charge in [-0.05, 0) is 18.2 Å². The molecule has 0 aliphatic carbocycles. The number of carbonyl (C=O) groups excluding carboxylic acids is 3. The summed E-state index contributed by atoms with van der Waals surface area (Å²) >= 11 is 0. The van der Waals surface area contributed by atoms with E-state index in [-0.39, 0.29) is 16.8 Å². The third-order valence-corrected chi connectivity index (χ3v) is 3.30. The zero-order valence-corrected chi connectivity index (χ0v) is 12.7. The molecule has 6 heteroatoms. The molecule has 0 amide bonds. The van der Waals surface area contributed by atoms with Crippen molar-refractivity contribution in [2.45, 2.75) is 0 Å². The average Bonchev–Trinajstić information content (AvgIpc) is 2.59. The molecule has 2 aromatic rings. The molecule has 2 N–H and O–H groups in total. The Morgan fingerprint density at radius 2 is 1.39 bits per heavy atom. The van der Waals surface area contributed by atoms with Crippen LogP contribution in [0.25, 0.3) is 0 Å². The highest BCUT2D eigenvalue weighted by atomic mass is 16.5. The molecular weight excluding hydrogens is 298 g/mol. The van der Waals surface area contributed by atoms with Gasteiger partial charge in [0.25, 0.3) is 0 Å². The summed E-state index contributed by atoms with van der Waals surface area (Å²) in [4.78, 5) is 35.9. The van der Waals surface area contributed by atoms with Gasteiger partial charge in [-0.3, -0.25) is 4.79 Å². The molecule has 0 saturated carbocycles. The van der Waals surface area contributed by atoms with Gasteiger partial charge >= 0.3 is 11.9 Å². The van der Waals surface area contributed by atoms with Crippen LogP contribution in [0.5, 0.6) is 0 Å². The second kappa shape index (κ2) is 6.74. The van der Waals surface area contributed by atoms with E-state index in [1.165, 1.54) is 50.6 Å². The van der Waals surface area contributed by atoms with Crippen LogP contribution < -0.4 is 5.73 Å². The van der Waals surface area contributed by atoms with E-state index in [1.54, 1.807) is 6.07 Å². The smallest absolute Gasteiger partial charge is 0.340 e. The van der Waals surface area contributed by atoms with Crippen LogP contribution in [-0.4, -0.2) is 31.9 Å². The van der Waals surface area contributed by atoms with E-state index in [4.69, 9.17) is 5.73 Å². The highest BCUT2D eigenvalue weighted by Crippen LogP contribution is 2.21. The van der Waals surface area contributed by atoms with Crippen molar-refractivity contribution in [3.63, 3.8) is 0 Å². The molecule has 0 bridgehead atoms. The molecule has 6 nitrogen and oxygen atoms in total. The van der Waals surface area contributed by atoms with Gasteiger partial charge in [0.2, 0.25) is 0 Å². The molecule has 0 aromatic heterocycles. The number of esters is 2. The van der Waals surface area contributed by atoms with E-state index < -0.39 is 17.7 Å². The standard InChI is InChI=1S/C17H15NO5/c1-22-16(20)11-8-6-10(7-9-11)15(19)12-4-3-5-13(18)14(12)17(21)23-2/h3-9H,18H2,1-2H3. The summed E-state index contributed by atoms with van der Waals surface area (Å²) < 4.78 is 9.28. The summed E-state index contributed by atoms with van der Waals surface area (Å²) in [5.74, 6) is -1.57. The second-order valence-corrected chi connectivity index (χ2v) is 4.66. The molecule has 0 unspecified atom stereocenters. The summed E-state index contributed by atoms with van der Waals surface area (Å²) in [5, 5.41) is 0.